The second-order valence-electron chi connectivity index (χ2n) is 12.8. The minimum atomic E-state index is -4.50. The van der Waals surface area contributed by atoms with Crippen LogP contribution < -0.4 is 5.32 Å². The Morgan fingerprint density at radius 3 is 2.58 bits per heavy atom. The van der Waals surface area contributed by atoms with Gasteiger partial charge in [-0.05, 0) is 55.8 Å². The number of amides is 1. The number of carbonyl (C=O) groups is 1. The molecule has 262 valence electrons. The van der Waals surface area contributed by atoms with Gasteiger partial charge in [-0.2, -0.15) is 22.6 Å². The molecule has 2 saturated heterocycles. The van der Waals surface area contributed by atoms with Crippen molar-refractivity contribution < 1.29 is 26.4 Å². The van der Waals surface area contributed by atoms with Crippen molar-refractivity contribution in [3.8, 4) is 11.3 Å². The number of piperidine rings is 1. The van der Waals surface area contributed by atoms with Crippen LogP contribution in [-0.2, 0) is 47.0 Å². The lowest BCUT2D eigenvalue weighted by molar-refractivity contribution is -0.139. The normalized spacial score (nSPS) is 18.6. The van der Waals surface area contributed by atoms with Gasteiger partial charge in [0.25, 0.3) is 0 Å². The van der Waals surface area contributed by atoms with Crippen LogP contribution in [0.15, 0.2) is 40.6 Å². The Morgan fingerprint density at radius 2 is 1.90 bits per heavy atom. The third-order valence-electron chi connectivity index (χ3n) is 9.50. The molecule has 0 aliphatic carbocycles. The van der Waals surface area contributed by atoms with Gasteiger partial charge in [-0.25, -0.2) is 8.42 Å². The summed E-state index contributed by atoms with van der Waals surface area (Å²) in [4.78, 5) is 18.0. The van der Waals surface area contributed by atoms with Gasteiger partial charge in [0.1, 0.15) is 0 Å². The molecule has 1 N–H and O–H groups in total. The predicted molar refractivity (Wildman–Crippen MR) is 183 cm³/mol. The lowest BCUT2D eigenvalue weighted by atomic mass is 10.0. The van der Waals surface area contributed by atoms with E-state index in [1.165, 1.54) is 21.5 Å². The average molecular weight is 725 g/mol. The molecule has 3 aliphatic heterocycles. The molecule has 6 rings (SSSR count). The molecule has 1 aromatic carbocycles. The maximum absolute atomic E-state index is 14.1. The summed E-state index contributed by atoms with van der Waals surface area (Å²) >= 11 is 2.79. The van der Waals surface area contributed by atoms with Crippen LogP contribution in [-0.4, -0.2) is 95.5 Å². The number of thiophene rings is 1. The number of sulfonamides is 1. The number of aryl methyl sites for hydroxylation is 1. The van der Waals surface area contributed by atoms with Crippen LogP contribution in [0.25, 0.3) is 11.3 Å². The first-order chi connectivity index (χ1) is 23.0. The number of nitrogens with one attached hydrogen (secondary N) is 1. The van der Waals surface area contributed by atoms with Gasteiger partial charge in [0.2, 0.25) is 15.9 Å². The second kappa shape index (κ2) is 15.2. The fourth-order valence-electron chi connectivity index (χ4n) is 7.00. The van der Waals surface area contributed by atoms with E-state index in [2.05, 4.69) is 15.1 Å². The van der Waals surface area contributed by atoms with Crippen molar-refractivity contribution in [3.05, 3.63) is 57.4 Å². The number of nitrogens with zero attached hydrogens (tertiary/aromatic N) is 5. The molecule has 15 heteroatoms. The number of thioether (sulfide) groups is 1. The number of halogens is 3. The van der Waals surface area contributed by atoms with Crippen molar-refractivity contribution >= 4 is 39.0 Å². The minimum absolute atomic E-state index is 0.135. The SMILES string of the molecule is CS(=O)(=O)N1CCc2c(c(-c3ccc(C(F)(F)F)c(SCCNCc4cccs4)c3)nn2CCCN2CCC(N3CCCC3=O)CC2)C1. The van der Waals surface area contributed by atoms with Gasteiger partial charge in [0.05, 0.1) is 17.5 Å². The van der Waals surface area contributed by atoms with Gasteiger partial charge in [-0.1, -0.05) is 12.1 Å². The monoisotopic (exact) mass is 724 g/mol. The summed E-state index contributed by atoms with van der Waals surface area (Å²) in [5.74, 6) is 0.737. The molecule has 0 saturated carbocycles. The number of aromatic nitrogens is 2. The van der Waals surface area contributed by atoms with Crippen LogP contribution in [0.2, 0.25) is 0 Å². The molecular weight excluding hydrogens is 682 g/mol. The Balaban J connectivity index is 1.16. The number of hydrogen-bond acceptors (Lipinski definition) is 8. The largest absolute Gasteiger partial charge is 0.417 e. The highest BCUT2D eigenvalue weighted by atomic mass is 32.2. The number of likely N-dealkylation sites (tertiary alicyclic amines) is 2. The number of carbonyl (C=O) groups excluding carboxylic acids is 1. The van der Waals surface area contributed by atoms with Gasteiger partial charge in [0.15, 0.2) is 0 Å². The second-order valence-corrected chi connectivity index (χ2v) is 16.9. The molecule has 48 heavy (non-hydrogen) atoms. The van der Waals surface area contributed by atoms with Gasteiger partial charge in [-0.3, -0.25) is 9.48 Å². The highest BCUT2D eigenvalue weighted by molar-refractivity contribution is 7.99. The van der Waals surface area contributed by atoms with Crippen LogP contribution in [0.1, 0.15) is 53.8 Å². The first-order valence-electron chi connectivity index (χ1n) is 16.6. The summed E-state index contributed by atoms with van der Waals surface area (Å²) in [6, 6.07) is 8.47. The molecule has 5 heterocycles. The van der Waals surface area contributed by atoms with E-state index >= 15 is 0 Å². The van der Waals surface area contributed by atoms with Gasteiger partial charge in [0, 0.05) is 104 Å². The van der Waals surface area contributed by atoms with Crippen LogP contribution in [0.3, 0.4) is 0 Å². The van der Waals surface area contributed by atoms with Crippen molar-refractivity contribution in [1.82, 2.24) is 29.2 Å². The highest BCUT2D eigenvalue weighted by Crippen LogP contribution is 2.40. The van der Waals surface area contributed by atoms with Gasteiger partial charge >= 0.3 is 6.18 Å². The molecule has 2 fully saturated rings. The fraction of sp³-hybridized carbons (Fsp3) is 0.576. The number of hydrogen-bond donors (Lipinski definition) is 1. The molecule has 0 bridgehead atoms. The standard InChI is InChI=1S/C33H43F3N6O3S3/c1-48(44,45)40-18-11-29-27(23-40)32(38-42(29)15-4-13-39-16-9-25(10-17-39)41-14-2-6-31(41)43)24-7-8-28(33(34,35)36)30(21-24)47-20-12-37-22-26-5-3-19-46-26/h3,5,7-8,19,21,25,37H,2,4,6,9-18,20,22-23H2,1H3. The first-order valence-corrected chi connectivity index (χ1v) is 20.3. The number of rotatable bonds is 13. The minimum Gasteiger partial charge on any atom is -0.340 e. The van der Waals surface area contributed by atoms with Crippen LogP contribution >= 0.6 is 23.1 Å². The summed E-state index contributed by atoms with van der Waals surface area (Å²) in [5, 5.41) is 10.2. The van der Waals surface area contributed by atoms with Crippen molar-refractivity contribution in [2.75, 3.05) is 51.3 Å². The number of alkyl halides is 3. The van der Waals surface area contributed by atoms with Gasteiger partial charge in [-0.15, -0.1) is 23.1 Å². The summed E-state index contributed by atoms with van der Waals surface area (Å²) in [7, 11) is -3.47. The number of benzene rings is 1. The lowest BCUT2D eigenvalue weighted by Gasteiger charge is -2.36. The van der Waals surface area contributed by atoms with Crippen molar-refractivity contribution in [2.24, 2.45) is 0 Å². The first kappa shape index (κ1) is 35.4. The summed E-state index contributed by atoms with van der Waals surface area (Å²) in [6.45, 7) is 5.96. The van der Waals surface area contributed by atoms with Crippen molar-refractivity contribution in [1.29, 1.82) is 0 Å². The van der Waals surface area contributed by atoms with E-state index in [1.807, 2.05) is 22.2 Å². The quantitative estimate of drug-likeness (QED) is 0.189. The van der Waals surface area contributed by atoms with E-state index in [-0.39, 0.29) is 17.3 Å². The van der Waals surface area contributed by atoms with Gasteiger partial charge < -0.3 is 15.1 Å². The Kier molecular flexibility index (Phi) is 11.2. The van der Waals surface area contributed by atoms with Crippen LogP contribution in [0, 0.1) is 0 Å². The summed E-state index contributed by atoms with van der Waals surface area (Å²) in [6.07, 6.45) is 1.59. The zero-order valence-corrected chi connectivity index (χ0v) is 29.6. The van der Waals surface area contributed by atoms with Crippen LogP contribution in [0.5, 0.6) is 0 Å². The molecule has 0 spiro atoms. The third-order valence-corrected chi connectivity index (χ3v) is 12.7. The molecule has 0 radical (unpaired) electrons. The third kappa shape index (κ3) is 8.47. The molecule has 1 amide bonds. The Morgan fingerprint density at radius 1 is 1.08 bits per heavy atom. The zero-order chi connectivity index (χ0) is 33.9. The van der Waals surface area contributed by atoms with E-state index in [4.69, 9.17) is 5.10 Å². The smallest absolute Gasteiger partial charge is 0.340 e. The maximum Gasteiger partial charge on any atom is 0.417 e. The molecule has 3 aromatic rings. The van der Waals surface area contributed by atoms with E-state index in [9.17, 15) is 26.4 Å². The van der Waals surface area contributed by atoms with E-state index in [1.54, 1.807) is 17.4 Å². The van der Waals surface area contributed by atoms with Crippen molar-refractivity contribution in [3.63, 3.8) is 0 Å². The van der Waals surface area contributed by atoms with Crippen molar-refractivity contribution in [2.45, 2.75) is 75.3 Å². The highest BCUT2D eigenvalue weighted by Gasteiger charge is 2.35. The average Bonchev–Trinajstić information content (AvgIpc) is 3.81. The zero-order valence-electron chi connectivity index (χ0n) is 27.2. The summed E-state index contributed by atoms with van der Waals surface area (Å²) in [5.41, 5.74) is 2.12. The number of fused-ring (bicyclic) bond motifs is 1. The Bertz CT molecular complexity index is 1670. The Labute approximate surface area is 288 Å². The van der Waals surface area contributed by atoms with Crippen LogP contribution in [0.4, 0.5) is 13.2 Å². The Hall–Kier alpha value is -2.43. The van der Waals surface area contributed by atoms with E-state index in [0.717, 1.165) is 80.9 Å². The molecule has 3 aliphatic rings. The molecular formula is C33H43F3N6O3S3. The van der Waals surface area contributed by atoms with E-state index in [0.29, 0.717) is 62.1 Å². The summed E-state index contributed by atoms with van der Waals surface area (Å²) < 4.78 is 70.6. The fourth-order valence-corrected chi connectivity index (χ4v) is 9.48. The molecule has 9 nitrogen and oxygen atoms in total. The maximum atomic E-state index is 14.1. The molecule has 0 unspecified atom stereocenters. The predicted octanol–water partition coefficient (Wildman–Crippen LogP) is 5.31. The molecule has 0 atom stereocenters. The molecule has 2 aromatic heterocycles. The topological polar surface area (TPSA) is 90.8 Å². The van der Waals surface area contributed by atoms with E-state index < -0.39 is 21.8 Å². The lowest BCUT2D eigenvalue weighted by Crippen LogP contribution is -2.45.